The van der Waals surface area contributed by atoms with Crippen molar-refractivity contribution in [1.82, 2.24) is 0 Å². The smallest absolute Gasteiger partial charge is 0.428 e. The van der Waals surface area contributed by atoms with Crippen LogP contribution in [0.15, 0.2) is 24.3 Å². The van der Waals surface area contributed by atoms with E-state index in [0.717, 1.165) is 17.0 Å². The topological polar surface area (TPSA) is 55.6 Å². The van der Waals surface area contributed by atoms with Gasteiger partial charge >= 0.3 is 6.09 Å². The minimum atomic E-state index is -0.564. The number of amides is 1. The molecule has 1 aromatic carbocycles. The van der Waals surface area contributed by atoms with Crippen molar-refractivity contribution in [3.05, 3.63) is 29.8 Å². The molecule has 0 aliphatic rings. The highest BCUT2D eigenvalue weighted by atomic mass is 16.5. The molecular weight excluding hydrogens is 180 g/mol. The summed E-state index contributed by atoms with van der Waals surface area (Å²) in [7, 11) is 1.30. The van der Waals surface area contributed by atoms with Crippen LogP contribution in [0.3, 0.4) is 0 Å². The molecule has 2 N–H and O–H groups in total. The lowest BCUT2D eigenvalue weighted by atomic mass is 10.1. The summed E-state index contributed by atoms with van der Waals surface area (Å²) in [6.45, 7) is 2.00. The Hall–Kier alpha value is -1.55. The maximum absolute atomic E-state index is 11.2. The molecule has 0 atom stereocenters. The van der Waals surface area contributed by atoms with E-state index in [1.165, 1.54) is 7.11 Å². The molecule has 0 aromatic heterocycles. The van der Waals surface area contributed by atoms with Gasteiger partial charge < -0.3 is 4.74 Å². The Morgan fingerprint density at radius 2 is 2.14 bits per heavy atom. The van der Waals surface area contributed by atoms with Crippen molar-refractivity contribution in [3.63, 3.8) is 0 Å². The molecule has 1 aromatic rings. The van der Waals surface area contributed by atoms with Crippen LogP contribution in [0, 0.1) is 0 Å². The van der Waals surface area contributed by atoms with Crippen molar-refractivity contribution < 1.29 is 9.53 Å². The summed E-state index contributed by atoms with van der Waals surface area (Å²) in [6, 6.07) is 7.46. The predicted octanol–water partition coefficient (Wildman–Crippen LogP) is 1.70. The molecule has 0 heterocycles. The molecule has 1 rings (SSSR count). The highest BCUT2D eigenvalue weighted by molar-refractivity contribution is 5.87. The molecule has 0 aliphatic heterocycles. The second-order valence-electron chi connectivity index (χ2n) is 2.82. The fraction of sp³-hybridized carbons (Fsp3) is 0.300. The van der Waals surface area contributed by atoms with E-state index in [4.69, 9.17) is 5.84 Å². The third-order valence-corrected chi connectivity index (χ3v) is 2.00. The van der Waals surface area contributed by atoms with Crippen molar-refractivity contribution in [2.75, 3.05) is 12.1 Å². The summed E-state index contributed by atoms with van der Waals surface area (Å²) in [6.07, 6.45) is 0.256. The Balaban J connectivity index is 2.99. The molecular formula is C10H14N2O2. The van der Waals surface area contributed by atoms with E-state index in [0.29, 0.717) is 5.69 Å². The number of ether oxygens (including phenoxy) is 1. The van der Waals surface area contributed by atoms with Crippen molar-refractivity contribution in [1.29, 1.82) is 0 Å². The summed E-state index contributed by atoms with van der Waals surface area (Å²) < 4.78 is 4.53. The van der Waals surface area contributed by atoms with Gasteiger partial charge in [-0.15, -0.1) is 0 Å². The number of rotatable bonds is 2. The van der Waals surface area contributed by atoms with E-state index in [2.05, 4.69) is 4.74 Å². The first-order valence-electron chi connectivity index (χ1n) is 4.41. The number of carbonyl (C=O) groups is 1. The Labute approximate surface area is 83.2 Å². The second kappa shape index (κ2) is 4.62. The van der Waals surface area contributed by atoms with Crippen LogP contribution in [-0.4, -0.2) is 13.2 Å². The normalized spacial score (nSPS) is 9.64. The van der Waals surface area contributed by atoms with Gasteiger partial charge in [-0.2, -0.15) is 0 Å². The van der Waals surface area contributed by atoms with Gasteiger partial charge in [0, 0.05) is 0 Å². The van der Waals surface area contributed by atoms with Gasteiger partial charge in [-0.1, -0.05) is 25.1 Å². The van der Waals surface area contributed by atoms with Crippen LogP contribution < -0.4 is 10.9 Å². The average Bonchev–Trinajstić information content (AvgIpc) is 2.26. The van der Waals surface area contributed by atoms with E-state index < -0.39 is 6.09 Å². The molecule has 0 fully saturated rings. The molecule has 0 radical (unpaired) electrons. The van der Waals surface area contributed by atoms with Gasteiger partial charge in [0.1, 0.15) is 0 Å². The van der Waals surface area contributed by atoms with Gasteiger partial charge in [-0.05, 0) is 18.1 Å². The second-order valence-corrected chi connectivity index (χ2v) is 2.82. The lowest BCUT2D eigenvalue weighted by Gasteiger charge is -2.17. The molecule has 0 spiro atoms. The zero-order valence-electron chi connectivity index (χ0n) is 8.36. The number of methoxy groups -OCH3 is 1. The molecule has 1 amide bonds. The van der Waals surface area contributed by atoms with E-state index >= 15 is 0 Å². The standard InChI is InChI=1S/C10H14N2O2/c1-3-8-6-4-5-7-9(8)12(11)10(13)14-2/h4-7H,3,11H2,1-2H3. The van der Waals surface area contributed by atoms with Crippen molar-refractivity contribution in [3.8, 4) is 0 Å². The van der Waals surface area contributed by atoms with Crippen LogP contribution >= 0.6 is 0 Å². The number of aryl methyl sites for hydroxylation is 1. The molecule has 0 bridgehead atoms. The third-order valence-electron chi connectivity index (χ3n) is 2.00. The molecule has 0 unspecified atom stereocenters. The molecule has 0 saturated heterocycles. The molecule has 0 saturated carbocycles. The number of anilines is 1. The summed E-state index contributed by atoms with van der Waals surface area (Å²) in [5, 5.41) is 1.01. The Morgan fingerprint density at radius 1 is 1.50 bits per heavy atom. The fourth-order valence-electron chi connectivity index (χ4n) is 1.24. The van der Waals surface area contributed by atoms with Crippen molar-refractivity contribution in [2.24, 2.45) is 5.84 Å². The van der Waals surface area contributed by atoms with E-state index in [1.54, 1.807) is 6.07 Å². The number of hydrogen-bond acceptors (Lipinski definition) is 3. The lowest BCUT2D eigenvalue weighted by molar-refractivity contribution is 0.178. The average molecular weight is 194 g/mol. The van der Waals surface area contributed by atoms with Gasteiger partial charge in [0.05, 0.1) is 12.8 Å². The highest BCUT2D eigenvalue weighted by Gasteiger charge is 2.13. The molecule has 76 valence electrons. The van der Waals surface area contributed by atoms with Crippen LogP contribution in [0.2, 0.25) is 0 Å². The fourth-order valence-corrected chi connectivity index (χ4v) is 1.24. The Morgan fingerprint density at radius 3 is 2.71 bits per heavy atom. The van der Waals surface area contributed by atoms with Crippen LogP contribution in [0.1, 0.15) is 12.5 Å². The van der Waals surface area contributed by atoms with Gasteiger partial charge in [0.2, 0.25) is 0 Å². The van der Waals surface area contributed by atoms with Gasteiger partial charge in [-0.25, -0.2) is 15.6 Å². The molecule has 4 nitrogen and oxygen atoms in total. The monoisotopic (exact) mass is 194 g/mol. The predicted molar refractivity (Wildman–Crippen MR) is 54.9 cm³/mol. The molecule has 4 heteroatoms. The first-order valence-corrected chi connectivity index (χ1v) is 4.41. The highest BCUT2D eigenvalue weighted by Crippen LogP contribution is 2.18. The number of nitrogens with zero attached hydrogens (tertiary/aromatic N) is 1. The zero-order chi connectivity index (χ0) is 10.6. The number of hydrazine groups is 1. The van der Waals surface area contributed by atoms with Crippen LogP contribution in [0.25, 0.3) is 0 Å². The van der Waals surface area contributed by atoms with E-state index in [9.17, 15) is 4.79 Å². The van der Waals surface area contributed by atoms with Crippen molar-refractivity contribution >= 4 is 11.8 Å². The SMILES string of the molecule is CCc1ccccc1N(N)C(=O)OC. The summed E-state index contributed by atoms with van der Waals surface area (Å²) >= 11 is 0. The first kappa shape index (κ1) is 10.5. The van der Waals surface area contributed by atoms with E-state index in [-0.39, 0.29) is 0 Å². The number of para-hydroxylation sites is 1. The summed E-state index contributed by atoms with van der Waals surface area (Å²) in [4.78, 5) is 11.2. The largest absolute Gasteiger partial charge is 0.452 e. The van der Waals surface area contributed by atoms with Gasteiger partial charge in [-0.3, -0.25) is 0 Å². The first-order chi connectivity index (χ1) is 6.70. The van der Waals surface area contributed by atoms with Gasteiger partial charge in [0.25, 0.3) is 0 Å². The van der Waals surface area contributed by atoms with Crippen molar-refractivity contribution in [2.45, 2.75) is 13.3 Å². The Bertz CT molecular complexity index is 326. The quantitative estimate of drug-likeness (QED) is 0.443. The Kier molecular flexibility index (Phi) is 3.48. The zero-order valence-corrected chi connectivity index (χ0v) is 8.36. The maximum atomic E-state index is 11.2. The van der Waals surface area contributed by atoms with Crippen LogP contribution in [-0.2, 0) is 11.2 Å². The number of hydrogen-bond donors (Lipinski definition) is 1. The van der Waals surface area contributed by atoms with Crippen LogP contribution in [0.5, 0.6) is 0 Å². The maximum Gasteiger partial charge on any atom is 0.428 e. The van der Waals surface area contributed by atoms with Gasteiger partial charge in [0.15, 0.2) is 0 Å². The third kappa shape index (κ3) is 2.03. The molecule has 14 heavy (non-hydrogen) atoms. The minimum Gasteiger partial charge on any atom is -0.452 e. The number of carbonyl (C=O) groups excluding carboxylic acids is 1. The number of nitrogens with two attached hydrogens (primary N) is 1. The molecule has 0 aliphatic carbocycles. The summed E-state index contributed by atoms with van der Waals surface area (Å²) in [5.41, 5.74) is 1.70. The van der Waals surface area contributed by atoms with Crippen LogP contribution in [0.4, 0.5) is 10.5 Å². The summed E-state index contributed by atoms with van der Waals surface area (Å²) in [5.74, 6) is 5.58. The van der Waals surface area contributed by atoms with E-state index in [1.807, 2.05) is 25.1 Å². The number of benzene rings is 1. The minimum absolute atomic E-state index is 0.564. The lowest BCUT2D eigenvalue weighted by Crippen LogP contribution is -2.37.